The molecule has 0 spiro atoms. The van der Waals surface area contributed by atoms with E-state index in [0.29, 0.717) is 18.8 Å². The summed E-state index contributed by atoms with van der Waals surface area (Å²) in [6.07, 6.45) is 0.294. The van der Waals surface area contributed by atoms with Crippen molar-refractivity contribution in [2.75, 3.05) is 18.6 Å². The van der Waals surface area contributed by atoms with E-state index >= 15 is 0 Å². The van der Waals surface area contributed by atoms with E-state index in [9.17, 15) is 9.59 Å². The van der Waals surface area contributed by atoms with Crippen molar-refractivity contribution in [3.63, 3.8) is 0 Å². The molecule has 1 aliphatic rings. The molecule has 0 N–H and O–H groups in total. The minimum atomic E-state index is -0.563. The average molecular weight is 256 g/mol. The van der Waals surface area contributed by atoms with Crippen LogP contribution in [0.4, 0.5) is 5.82 Å². The number of aromatic nitrogens is 2. The topological polar surface area (TPSA) is 72.4 Å². The van der Waals surface area contributed by atoms with E-state index in [1.807, 2.05) is 0 Å². The minimum absolute atomic E-state index is 0.0925. The fourth-order valence-electron chi connectivity index (χ4n) is 1.57. The van der Waals surface area contributed by atoms with Crippen LogP contribution in [0, 0.1) is 0 Å². The summed E-state index contributed by atoms with van der Waals surface area (Å²) in [6.45, 7) is 0.409. The van der Waals surface area contributed by atoms with Gasteiger partial charge < -0.3 is 4.74 Å². The van der Waals surface area contributed by atoms with Crippen LogP contribution in [0.15, 0.2) is 12.1 Å². The third-order valence-electron chi connectivity index (χ3n) is 2.40. The number of ether oxygens (including phenoxy) is 1. The molecule has 1 atom stereocenters. The van der Waals surface area contributed by atoms with Crippen molar-refractivity contribution >= 4 is 29.3 Å². The molecule has 1 unspecified atom stereocenters. The van der Waals surface area contributed by atoms with E-state index in [4.69, 9.17) is 11.6 Å². The second-order valence-electron chi connectivity index (χ2n) is 3.57. The second-order valence-corrected chi connectivity index (χ2v) is 4.19. The highest BCUT2D eigenvalue weighted by molar-refractivity contribution is 6.24. The first-order valence-corrected chi connectivity index (χ1v) is 5.42. The Hall–Kier alpha value is -1.69. The van der Waals surface area contributed by atoms with E-state index in [1.165, 1.54) is 18.1 Å². The number of hydrogen-bond donors (Lipinski definition) is 0. The SMILES string of the molecule is COC(=O)c1ccc(N2CC(Cl)CC2=O)nn1. The summed E-state index contributed by atoms with van der Waals surface area (Å²) in [6, 6.07) is 3.01. The largest absolute Gasteiger partial charge is 0.464 e. The number of methoxy groups -OCH3 is 1. The lowest BCUT2D eigenvalue weighted by Crippen LogP contribution is -2.26. The highest BCUT2D eigenvalue weighted by Crippen LogP contribution is 2.21. The van der Waals surface area contributed by atoms with Crippen molar-refractivity contribution in [1.29, 1.82) is 0 Å². The summed E-state index contributed by atoms with van der Waals surface area (Å²) >= 11 is 5.87. The Bertz CT molecular complexity index is 449. The molecule has 6 nitrogen and oxygen atoms in total. The van der Waals surface area contributed by atoms with Crippen molar-refractivity contribution in [2.24, 2.45) is 0 Å². The lowest BCUT2D eigenvalue weighted by atomic mass is 10.4. The number of hydrogen-bond acceptors (Lipinski definition) is 5. The molecule has 1 amide bonds. The van der Waals surface area contributed by atoms with Crippen molar-refractivity contribution in [3.8, 4) is 0 Å². The molecule has 1 aromatic heterocycles. The van der Waals surface area contributed by atoms with Gasteiger partial charge in [0.1, 0.15) is 0 Å². The van der Waals surface area contributed by atoms with Gasteiger partial charge in [0, 0.05) is 13.0 Å². The van der Waals surface area contributed by atoms with Gasteiger partial charge in [-0.15, -0.1) is 21.8 Å². The summed E-state index contributed by atoms with van der Waals surface area (Å²) in [4.78, 5) is 24.1. The van der Waals surface area contributed by atoms with Crippen LogP contribution in [0.5, 0.6) is 0 Å². The minimum Gasteiger partial charge on any atom is -0.464 e. The zero-order chi connectivity index (χ0) is 12.4. The van der Waals surface area contributed by atoms with E-state index in [0.717, 1.165) is 0 Å². The number of anilines is 1. The fraction of sp³-hybridized carbons (Fsp3) is 0.400. The maximum Gasteiger partial charge on any atom is 0.358 e. The molecule has 0 saturated carbocycles. The van der Waals surface area contributed by atoms with Gasteiger partial charge in [0.05, 0.1) is 12.5 Å². The monoisotopic (exact) mass is 255 g/mol. The quantitative estimate of drug-likeness (QED) is 0.572. The van der Waals surface area contributed by atoms with Crippen molar-refractivity contribution in [3.05, 3.63) is 17.8 Å². The van der Waals surface area contributed by atoms with Gasteiger partial charge in [0.2, 0.25) is 5.91 Å². The Labute approximate surface area is 103 Å². The lowest BCUT2D eigenvalue weighted by molar-refractivity contribution is -0.117. The number of rotatable bonds is 2. The van der Waals surface area contributed by atoms with Gasteiger partial charge in [-0.1, -0.05) is 0 Å². The zero-order valence-electron chi connectivity index (χ0n) is 9.09. The Morgan fingerprint density at radius 3 is 2.76 bits per heavy atom. The van der Waals surface area contributed by atoms with Gasteiger partial charge >= 0.3 is 5.97 Å². The van der Waals surface area contributed by atoms with Crippen LogP contribution in [-0.4, -0.2) is 41.1 Å². The average Bonchev–Trinajstić information content (AvgIpc) is 2.68. The summed E-state index contributed by atoms with van der Waals surface area (Å²) in [5.41, 5.74) is 0.102. The highest BCUT2D eigenvalue weighted by atomic mass is 35.5. The Morgan fingerprint density at radius 1 is 1.53 bits per heavy atom. The number of nitrogens with zero attached hydrogens (tertiary/aromatic N) is 3. The maximum atomic E-state index is 11.5. The van der Waals surface area contributed by atoms with E-state index in [1.54, 1.807) is 6.07 Å². The molecule has 2 rings (SSSR count). The summed E-state index contributed by atoms with van der Waals surface area (Å²) in [7, 11) is 1.26. The van der Waals surface area contributed by atoms with Crippen LogP contribution in [0.3, 0.4) is 0 Å². The van der Waals surface area contributed by atoms with Crippen molar-refractivity contribution < 1.29 is 14.3 Å². The van der Waals surface area contributed by atoms with Gasteiger partial charge in [0.15, 0.2) is 11.5 Å². The molecule has 0 radical (unpaired) electrons. The van der Waals surface area contributed by atoms with Crippen LogP contribution < -0.4 is 4.90 Å². The molecular weight excluding hydrogens is 246 g/mol. The molecule has 90 valence electrons. The normalized spacial score (nSPS) is 19.5. The molecule has 1 aromatic rings. The zero-order valence-corrected chi connectivity index (χ0v) is 9.85. The molecule has 1 fully saturated rings. The maximum absolute atomic E-state index is 11.5. The Balaban J connectivity index is 2.18. The van der Waals surface area contributed by atoms with E-state index in [2.05, 4.69) is 14.9 Å². The Kier molecular flexibility index (Phi) is 3.23. The highest BCUT2D eigenvalue weighted by Gasteiger charge is 2.30. The summed E-state index contributed by atoms with van der Waals surface area (Å²) < 4.78 is 4.50. The van der Waals surface area contributed by atoms with E-state index < -0.39 is 5.97 Å². The molecule has 1 aliphatic heterocycles. The molecule has 17 heavy (non-hydrogen) atoms. The second kappa shape index (κ2) is 4.67. The molecule has 7 heteroatoms. The first-order chi connectivity index (χ1) is 8.11. The molecular formula is C10H10ClN3O3. The van der Waals surface area contributed by atoms with Crippen LogP contribution in [0.2, 0.25) is 0 Å². The van der Waals surface area contributed by atoms with Crippen LogP contribution in [0.25, 0.3) is 0 Å². The van der Waals surface area contributed by atoms with Crippen LogP contribution in [-0.2, 0) is 9.53 Å². The number of carbonyl (C=O) groups is 2. The summed E-state index contributed by atoms with van der Waals surface area (Å²) in [5.74, 6) is -0.261. The van der Waals surface area contributed by atoms with Gasteiger partial charge in [-0.3, -0.25) is 9.69 Å². The van der Waals surface area contributed by atoms with Gasteiger partial charge in [-0.25, -0.2) is 4.79 Å². The third-order valence-corrected chi connectivity index (χ3v) is 2.69. The smallest absolute Gasteiger partial charge is 0.358 e. The molecule has 1 saturated heterocycles. The first-order valence-electron chi connectivity index (χ1n) is 4.98. The number of esters is 1. The van der Waals surface area contributed by atoms with Gasteiger partial charge in [-0.05, 0) is 12.1 Å². The molecule has 0 aliphatic carbocycles. The van der Waals surface area contributed by atoms with Crippen molar-refractivity contribution in [1.82, 2.24) is 10.2 Å². The van der Waals surface area contributed by atoms with Crippen LogP contribution in [0.1, 0.15) is 16.9 Å². The third kappa shape index (κ3) is 2.36. The van der Waals surface area contributed by atoms with Gasteiger partial charge in [-0.2, -0.15) is 0 Å². The number of alkyl halides is 1. The van der Waals surface area contributed by atoms with Gasteiger partial charge in [0.25, 0.3) is 0 Å². The predicted molar refractivity (Wildman–Crippen MR) is 60.0 cm³/mol. The summed E-state index contributed by atoms with van der Waals surface area (Å²) in [5, 5.41) is 7.30. The standard InChI is InChI=1S/C10H10ClN3O3/c1-17-10(16)7-2-3-8(13-12-7)14-5-6(11)4-9(14)15/h2-3,6H,4-5H2,1H3. The van der Waals surface area contributed by atoms with E-state index in [-0.39, 0.29) is 17.0 Å². The molecule has 0 bridgehead atoms. The number of halogens is 1. The fourth-order valence-corrected chi connectivity index (χ4v) is 1.84. The molecule has 0 aromatic carbocycles. The Morgan fingerprint density at radius 2 is 2.29 bits per heavy atom. The molecule has 2 heterocycles. The first kappa shape index (κ1) is 11.8. The predicted octanol–water partition coefficient (Wildman–Crippen LogP) is 0.607. The lowest BCUT2D eigenvalue weighted by Gasteiger charge is -2.13. The number of carbonyl (C=O) groups excluding carboxylic acids is 2. The van der Waals surface area contributed by atoms with Crippen LogP contribution >= 0.6 is 11.6 Å². The number of amides is 1. The van der Waals surface area contributed by atoms with Crippen molar-refractivity contribution in [2.45, 2.75) is 11.8 Å².